The van der Waals surface area contributed by atoms with Gasteiger partial charge in [-0.2, -0.15) is 0 Å². The molecule has 0 fully saturated rings. The Balaban J connectivity index is 3.70. The molecule has 0 aromatic carbocycles. The molecule has 0 saturated carbocycles. The maximum atomic E-state index is 10.9. The van der Waals surface area contributed by atoms with E-state index in [0.717, 1.165) is 0 Å². The minimum absolute atomic E-state index is 0.152. The van der Waals surface area contributed by atoms with Crippen molar-refractivity contribution < 1.29 is 4.79 Å². The van der Waals surface area contributed by atoms with Gasteiger partial charge in [0, 0.05) is 13.1 Å². The number of carbonyl (C=O) groups is 1. The van der Waals surface area contributed by atoms with Crippen LogP contribution in [0.3, 0.4) is 0 Å². The van der Waals surface area contributed by atoms with Crippen molar-refractivity contribution in [3.8, 4) is 0 Å². The highest BCUT2D eigenvalue weighted by molar-refractivity contribution is 5.96. The number of carbonyl (C=O) groups excluding carboxylic acids is 1. The van der Waals surface area contributed by atoms with E-state index in [0.29, 0.717) is 5.84 Å². The molecule has 4 heteroatoms. The molecule has 2 N–H and O–H groups in total. The number of amides is 2. The number of aliphatic imine (C=N–C) groups is 1. The third kappa shape index (κ3) is 5.39. The molecule has 0 aliphatic heterocycles. The van der Waals surface area contributed by atoms with E-state index in [-0.39, 0.29) is 12.1 Å². The normalized spacial score (nSPS) is 11.5. The topological polar surface area (TPSA) is 53.5 Å². The molecular weight excluding hydrogens is 142 g/mol. The highest BCUT2D eigenvalue weighted by Crippen LogP contribution is 1.76. The maximum absolute atomic E-state index is 10.9. The van der Waals surface area contributed by atoms with Crippen LogP contribution in [0.4, 0.5) is 4.79 Å². The van der Waals surface area contributed by atoms with Gasteiger partial charge in [0.1, 0.15) is 5.84 Å². The molecule has 0 radical (unpaired) electrons. The summed E-state index contributed by atoms with van der Waals surface area (Å²) in [6, 6.07) is -0.0530. The van der Waals surface area contributed by atoms with E-state index in [2.05, 4.69) is 15.6 Å². The Morgan fingerprint density at radius 3 is 2.36 bits per heavy atom. The van der Waals surface area contributed by atoms with Gasteiger partial charge in [-0.3, -0.25) is 10.3 Å². The Morgan fingerprint density at radius 1 is 1.45 bits per heavy atom. The van der Waals surface area contributed by atoms with Crippen LogP contribution in [0.2, 0.25) is 0 Å². The summed E-state index contributed by atoms with van der Waals surface area (Å²) in [7, 11) is 1.63. The smallest absolute Gasteiger partial charge is 0.320 e. The first-order chi connectivity index (χ1) is 5.06. The second-order valence-electron chi connectivity index (χ2n) is 2.56. The molecule has 0 atom stereocenters. The van der Waals surface area contributed by atoms with E-state index in [1.54, 1.807) is 14.0 Å². The number of hydrogen-bond acceptors (Lipinski definition) is 2. The van der Waals surface area contributed by atoms with Crippen LogP contribution in [0.25, 0.3) is 0 Å². The molecule has 0 rings (SSSR count). The van der Waals surface area contributed by atoms with E-state index in [9.17, 15) is 4.79 Å². The summed E-state index contributed by atoms with van der Waals surface area (Å²) in [5.74, 6) is 0.614. The fraction of sp³-hybridized carbons (Fsp3) is 0.714. The molecule has 0 aliphatic rings. The van der Waals surface area contributed by atoms with Gasteiger partial charge in [0.2, 0.25) is 0 Å². The van der Waals surface area contributed by atoms with Crippen LogP contribution in [0.1, 0.15) is 20.8 Å². The molecule has 0 aromatic heterocycles. The average molecular weight is 157 g/mol. The van der Waals surface area contributed by atoms with Crippen LogP contribution < -0.4 is 10.6 Å². The number of rotatable bonds is 1. The molecule has 0 bridgehead atoms. The van der Waals surface area contributed by atoms with Crippen molar-refractivity contribution in [1.29, 1.82) is 0 Å². The first kappa shape index (κ1) is 9.94. The zero-order valence-corrected chi connectivity index (χ0v) is 7.43. The second kappa shape index (κ2) is 4.71. The van der Waals surface area contributed by atoms with Crippen molar-refractivity contribution in [2.75, 3.05) is 7.05 Å². The zero-order valence-electron chi connectivity index (χ0n) is 7.43. The number of hydrogen-bond donors (Lipinski definition) is 2. The van der Waals surface area contributed by atoms with Gasteiger partial charge in [-0.25, -0.2) is 4.79 Å². The highest BCUT2D eigenvalue weighted by atomic mass is 16.2. The fourth-order valence-electron chi connectivity index (χ4n) is 0.518. The average Bonchev–Trinajstić information content (AvgIpc) is 1.85. The molecule has 0 heterocycles. The van der Waals surface area contributed by atoms with Crippen molar-refractivity contribution in [3.05, 3.63) is 0 Å². The van der Waals surface area contributed by atoms with Crippen LogP contribution in [0, 0.1) is 0 Å². The van der Waals surface area contributed by atoms with Gasteiger partial charge < -0.3 is 5.32 Å². The maximum Gasteiger partial charge on any atom is 0.320 e. The molecule has 4 nitrogen and oxygen atoms in total. The second-order valence-corrected chi connectivity index (χ2v) is 2.56. The number of amidine groups is 1. The van der Waals surface area contributed by atoms with E-state index in [4.69, 9.17) is 0 Å². The minimum atomic E-state index is -0.205. The SMILES string of the molecule is CN=C(C)NC(=O)NC(C)C. The van der Waals surface area contributed by atoms with Gasteiger partial charge in [0.25, 0.3) is 0 Å². The van der Waals surface area contributed by atoms with Gasteiger partial charge in [-0.1, -0.05) is 0 Å². The van der Waals surface area contributed by atoms with Gasteiger partial charge >= 0.3 is 6.03 Å². The van der Waals surface area contributed by atoms with Gasteiger partial charge in [-0.05, 0) is 20.8 Å². The van der Waals surface area contributed by atoms with Crippen molar-refractivity contribution in [2.24, 2.45) is 4.99 Å². The predicted molar refractivity (Wildman–Crippen MR) is 45.8 cm³/mol. The molecule has 0 spiro atoms. The Bertz CT molecular complexity index is 163. The molecule has 11 heavy (non-hydrogen) atoms. The number of urea groups is 1. The lowest BCUT2D eigenvalue weighted by atomic mass is 10.4. The summed E-state index contributed by atoms with van der Waals surface area (Å²) < 4.78 is 0. The molecule has 0 unspecified atom stereocenters. The first-order valence-corrected chi connectivity index (χ1v) is 3.57. The molecule has 64 valence electrons. The summed E-state index contributed by atoms with van der Waals surface area (Å²) >= 11 is 0. The Morgan fingerprint density at radius 2 is 2.00 bits per heavy atom. The Labute approximate surface area is 67.1 Å². The summed E-state index contributed by atoms with van der Waals surface area (Å²) in [6.07, 6.45) is 0. The molecular formula is C7H15N3O. The van der Waals surface area contributed by atoms with E-state index in [1.165, 1.54) is 0 Å². The summed E-state index contributed by atoms with van der Waals surface area (Å²) in [4.78, 5) is 14.7. The lowest BCUT2D eigenvalue weighted by Crippen LogP contribution is -2.41. The minimum Gasteiger partial charge on any atom is -0.336 e. The highest BCUT2D eigenvalue weighted by Gasteiger charge is 2.01. The van der Waals surface area contributed by atoms with Crippen molar-refractivity contribution in [1.82, 2.24) is 10.6 Å². The zero-order chi connectivity index (χ0) is 8.85. The van der Waals surface area contributed by atoms with Crippen LogP contribution in [-0.4, -0.2) is 25.0 Å². The van der Waals surface area contributed by atoms with Crippen LogP contribution in [0.5, 0.6) is 0 Å². The molecule has 0 aliphatic carbocycles. The van der Waals surface area contributed by atoms with Gasteiger partial charge in [-0.15, -0.1) is 0 Å². The quantitative estimate of drug-likeness (QED) is 0.428. The lowest BCUT2D eigenvalue weighted by Gasteiger charge is -2.08. The summed E-state index contributed by atoms with van der Waals surface area (Å²) in [5.41, 5.74) is 0. The van der Waals surface area contributed by atoms with Gasteiger partial charge in [0.05, 0.1) is 0 Å². The third-order valence-corrected chi connectivity index (χ3v) is 1.05. The third-order valence-electron chi connectivity index (χ3n) is 1.05. The first-order valence-electron chi connectivity index (χ1n) is 3.57. The number of nitrogens with zero attached hydrogens (tertiary/aromatic N) is 1. The number of nitrogens with one attached hydrogen (secondary N) is 2. The van der Waals surface area contributed by atoms with E-state index >= 15 is 0 Å². The van der Waals surface area contributed by atoms with E-state index in [1.807, 2.05) is 13.8 Å². The summed E-state index contributed by atoms with van der Waals surface area (Å²) in [6.45, 7) is 5.54. The largest absolute Gasteiger partial charge is 0.336 e. The van der Waals surface area contributed by atoms with Crippen molar-refractivity contribution >= 4 is 11.9 Å². The van der Waals surface area contributed by atoms with Crippen molar-refractivity contribution in [2.45, 2.75) is 26.8 Å². The lowest BCUT2D eigenvalue weighted by molar-refractivity contribution is 0.243. The van der Waals surface area contributed by atoms with Crippen LogP contribution in [0.15, 0.2) is 4.99 Å². The Kier molecular flexibility index (Phi) is 4.26. The fourth-order valence-corrected chi connectivity index (χ4v) is 0.518. The van der Waals surface area contributed by atoms with E-state index < -0.39 is 0 Å². The van der Waals surface area contributed by atoms with Crippen molar-refractivity contribution in [3.63, 3.8) is 0 Å². The summed E-state index contributed by atoms with van der Waals surface area (Å²) in [5, 5.41) is 5.24. The molecule has 0 aromatic rings. The molecule has 0 saturated heterocycles. The van der Waals surface area contributed by atoms with Crippen LogP contribution >= 0.6 is 0 Å². The predicted octanol–water partition coefficient (Wildman–Crippen LogP) is 0.742. The Hall–Kier alpha value is -1.06. The molecule has 2 amide bonds. The van der Waals surface area contributed by atoms with Crippen LogP contribution in [-0.2, 0) is 0 Å². The standard InChI is InChI=1S/C7H15N3O/c1-5(2)9-7(11)10-6(3)8-4/h5H,1-4H3,(H2,8,9,10,11). The monoisotopic (exact) mass is 157 g/mol. The van der Waals surface area contributed by atoms with Gasteiger partial charge in [0.15, 0.2) is 0 Å².